The van der Waals surface area contributed by atoms with E-state index in [-0.39, 0.29) is 13.2 Å². The lowest BCUT2D eigenvalue weighted by atomic mass is 10.1. The lowest BCUT2D eigenvalue weighted by molar-refractivity contribution is -0.137. The first kappa shape index (κ1) is 20.2. The molecule has 0 spiro atoms. The third-order valence-electron chi connectivity index (χ3n) is 4.06. The molecule has 0 atom stereocenters. The number of ether oxygens (including phenoxy) is 3. The third-order valence-corrected chi connectivity index (χ3v) is 4.06. The van der Waals surface area contributed by atoms with Crippen molar-refractivity contribution < 1.29 is 28.2 Å². The number of hydrogen-bond donors (Lipinski definition) is 0. The Labute approximate surface area is 168 Å². The van der Waals surface area contributed by atoms with Gasteiger partial charge in [-0.05, 0) is 38.1 Å². The number of esters is 2. The summed E-state index contributed by atoms with van der Waals surface area (Å²) in [6, 6.07) is 14.6. The quantitative estimate of drug-likeness (QED) is 0.404. The first-order chi connectivity index (χ1) is 14.1. The molecule has 0 saturated heterocycles. The molecular weight excluding hydrogens is 372 g/mol. The molecule has 6 heteroatoms. The van der Waals surface area contributed by atoms with Crippen molar-refractivity contribution in [1.29, 1.82) is 0 Å². The van der Waals surface area contributed by atoms with Gasteiger partial charge in [-0.3, -0.25) is 0 Å². The zero-order valence-electron chi connectivity index (χ0n) is 16.3. The van der Waals surface area contributed by atoms with Gasteiger partial charge in [-0.2, -0.15) is 0 Å². The number of carbonyl (C=O) groups is 2. The molecule has 1 heterocycles. The van der Waals surface area contributed by atoms with Gasteiger partial charge in [0.05, 0.1) is 13.2 Å². The average Bonchev–Trinajstić information content (AvgIpc) is 3.11. The van der Waals surface area contributed by atoms with Crippen molar-refractivity contribution in [2.45, 2.75) is 13.8 Å². The van der Waals surface area contributed by atoms with Crippen molar-refractivity contribution in [1.82, 2.24) is 0 Å². The Bertz CT molecular complexity index is 1020. The largest absolute Gasteiger partial charge is 0.490 e. The molecule has 0 fully saturated rings. The van der Waals surface area contributed by atoms with Crippen LogP contribution in [0.25, 0.3) is 22.3 Å². The maximum Gasteiger partial charge on any atom is 0.342 e. The van der Waals surface area contributed by atoms with E-state index in [0.29, 0.717) is 34.6 Å². The Balaban J connectivity index is 1.91. The molecule has 0 unspecified atom stereocenters. The van der Waals surface area contributed by atoms with Crippen molar-refractivity contribution in [2.24, 2.45) is 0 Å². The highest BCUT2D eigenvalue weighted by molar-refractivity contribution is 6.09. The molecular formula is C23H22O6. The average molecular weight is 394 g/mol. The van der Waals surface area contributed by atoms with Gasteiger partial charge in [-0.15, -0.1) is 0 Å². The van der Waals surface area contributed by atoms with Gasteiger partial charge in [-0.1, -0.05) is 30.3 Å². The highest BCUT2D eigenvalue weighted by Gasteiger charge is 2.23. The maximum absolute atomic E-state index is 12.6. The van der Waals surface area contributed by atoms with E-state index < -0.39 is 11.9 Å². The highest BCUT2D eigenvalue weighted by atomic mass is 16.5. The van der Waals surface area contributed by atoms with Crippen LogP contribution in [0.4, 0.5) is 0 Å². The van der Waals surface area contributed by atoms with Gasteiger partial charge in [0.25, 0.3) is 0 Å². The molecule has 0 bridgehead atoms. The van der Waals surface area contributed by atoms with Crippen molar-refractivity contribution in [2.75, 3.05) is 19.8 Å². The molecule has 1 aromatic heterocycles. The molecule has 0 aliphatic carbocycles. The number of hydrogen-bond acceptors (Lipinski definition) is 6. The molecule has 2 aromatic carbocycles. The van der Waals surface area contributed by atoms with E-state index in [0.717, 1.165) is 5.56 Å². The molecule has 0 N–H and O–H groups in total. The number of fused-ring (bicyclic) bond motifs is 1. The zero-order chi connectivity index (χ0) is 20.6. The van der Waals surface area contributed by atoms with Crippen LogP contribution in [0.15, 0.2) is 65.1 Å². The second-order valence-electron chi connectivity index (χ2n) is 6.02. The normalized spacial score (nSPS) is 11.0. The monoisotopic (exact) mass is 394 g/mol. The summed E-state index contributed by atoms with van der Waals surface area (Å²) in [6.07, 6.45) is 2.89. The van der Waals surface area contributed by atoms with E-state index >= 15 is 0 Å². The molecule has 150 valence electrons. The second-order valence-corrected chi connectivity index (χ2v) is 6.02. The Morgan fingerprint density at radius 3 is 2.48 bits per heavy atom. The molecule has 6 nitrogen and oxygen atoms in total. The van der Waals surface area contributed by atoms with E-state index in [1.807, 2.05) is 30.3 Å². The van der Waals surface area contributed by atoms with Crippen LogP contribution in [0.2, 0.25) is 0 Å². The fraction of sp³-hybridized carbons (Fsp3) is 0.217. The third kappa shape index (κ3) is 4.85. The molecule has 3 rings (SSSR count). The van der Waals surface area contributed by atoms with Crippen LogP contribution >= 0.6 is 0 Å². The molecule has 0 aliphatic rings. The number of carbonyl (C=O) groups excluding carboxylic acids is 2. The summed E-state index contributed by atoms with van der Waals surface area (Å²) in [5.74, 6) is 0.123. The van der Waals surface area contributed by atoms with Crippen LogP contribution in [0.1, 0.15) is 24.2 Å². The number of benzene rings is 2. The first-order valence-corrected chi connectivity index (χ1v) is 9.39. The van der Waals surface area contributed by atoms with Crippen LogP contribution < -0.4 is 4.74 Å². The number of furan rings is 1. The lowest BCUT2D eigenvalue weighted by Gasteiger charge is -2.05. The topological polar surface area (TPSA) is 75.0 Å². The van der Waals surface area contributed by atoms with Gasteiger partial charge in [0.1, 0.15) is 29.3 Å². The Kier molecular flexibility index (Phi) is 6.68. The maximum atomic E-state index is 12.6. The minimum absolute atomic E-state index is 0.183. The minimum atomic E-state index is -0.454. The molecule has 0 saturated carbocycles. The van der Waals surface area contributed by atoms with Crippen molar-refractivity contribution in [3.63, 3.8) is 0 Å². The predicted molar refractivity (Wildman–Crippen MR) is 109 cm³/mol. The SMILES string of the molecule is CCOC(=O)C=CCOc1ccc2oc(-c3ccccc3)c(C(=O)OCC)c2c1. The number of rotatable bonds is 8. The molecule has 0 amide bonds. The van der Waals surface area contributed by atoms with Gasteiger partial charge in [0.15, 0.2) is 0 Å². The van der Waals surface area contributed by atoms with Gasteiger partial charge in [0.2, 0.25) is 0 Å². The standard InChI is InChI=1S/C23H22O6/c1-3-26-20(24)11-8-14-28-17-12-13-19-18(15-17)21(23(25)27-4-2)22(29-19)16-9-6-5-7-10-16/h5-13,15H,3-4,14H2,1-2H3. The van der Waals surface area contributed by atoms with Gasteiger partial charge in [-0.25, -0.2) is 9.59 Å². The van der Waals surface area contributed by atoms with Crippen LogP contribution in [-0.2, 0) is 14.3 Å². The van der Waals surface area contributed by atoms with E-state index in [1.165, 1.54) is 6.08 Å². The summed E-state index contributed by atoms with van der Waals surface area (Å²) >= 11 is 0. The Morgan fingerprint density at radius 2 is 1.76 bits per heavy atom. The van der Waals surface area contributed by atoms with Crippen molar-refractivity contribution in [3.05, 3.63) is 66.2 Å². The van der Waals surface area contributed by atoms with Crippen LogP contribution in [0, 0.1) is 0 Å². The minimum Gasteiger partial charge on any atom is -0.490 e. The van der Waals surface area contributed by atoms with E-state index in [9.17, 15) is 9.59 Å². The van der Waals surface area contributed by atoms with Gasteiger partial charge >= 0.3 is 11.9 Å². The van der Waals surface area contributed by atoms with Crippen LogP contribution in [0.5, 0.6) is 5.75 Å². The molecule has 3 aromatic rings. The Morgan fingerprint density at radius 1 is 1.00 bits per heavy atom. The Hall–Kier alpha value is -3.54. The van der Waals surface area contributed by atoms with Crippen molar-refractivity contribution >= 4 is 22.9 Å². The zero-order valence-corrected chi connectivity index (χ0v) is 16.3. The first-order valence-electron chi connectivity index (χ1n) is 9.39. The van der Waals surface area contributed by atoms with Crippen LogP contribution in [0.3, 0.4) is 0 Å². The lowest BCUT2D eigenvalue weighted by Crippen LogP contribution is -2.05. The summed E-state index contributed by atoms with van der Waals surface area (Å²) < 4.78 is 21.7. The van der Waals surface area contributed by atoms with E-state index in [4.69, 9.17) is 18.6 Å². The highest BCUT2D eigenvalue weighted by Crippen LogP contribution is 2.36. The predicted octanol–water partition coefficient (Wildman–Crippen LogP) is 4.77. The molecule has 29 heavy (non-hydrogen) atoms. The van der Waals surface area contributed by atoms with E-state index in [1.54, 1.807) is 38.1 Å². The van der Waals surface area contributed by atoms with Gasteiger partial charge < -0.3 is 18.6 Å². The fourth-order valence-corrected chi connectivity index (χ4v) is 2.84. The summed E-state index contributed by atoms with van der Waals surface area (Å²) in [6.45, 7) is 4.26. The van der Waals surface area contributed by atoms with Crippen molar-refractivity contribution in [3.8, 4) is 17.1 Å². The second kappa shape index (κ2) is 9.59. The fourth-order valence-electron chi connectivity index (χ4n) is 2.84. The smallest absolute Gasteiger partial charge is 0.342 e. The summed E-state index contributed by atoms with van der Waals surface area (Å²) in [5, 5.41) is 0.606. The van der Waals surface area contributed by atoms with E-state index in [2.05, 4.69) is 0 Å². The molecule has 0 radical (unpaired) electrons. The summed E-state index contributed by atoms with van der Waals surface area (Å²) in [7, 11) is 0. The summed E-state index contributed by atoms with van der Waals surface area (Å²) in [5.41, 5.74) is 1.70. The van der Waals surface area contributed by atoms with Gasteiger partial charge in [0, 0.05) is 17.0 Å². The summed E-state index contributed by atoms with van der Waals surface area (Å²) in [4.78, 5) is 24.0. The molecule has 0 aliphatic heterocycles. The van der Waals surface area contributed by atoms with Crippen LogP contribution in [-0.4, -0.2) is 31.8 Å².